The van der Waals surface area contributed by atoms with Crippen LogP contribution < -0.4 is 15.8 Å². The van der Waals surface area contributed by atoms with Crippen LogP contribution in [0, 0.1) is 0 Å². The molecule has 7 nitrogen and oxygen atoms in total. The molecule has 0 saturated heterocycles. The standard InChI is InChI=1S/C20H15F3N6O/c21-20(22,23)13-2-1-3-14(10-13)27-16-11-26-18(28-16)12-4-6-15(7-5-12)30-17-8-9-25-19(24)29-17/h1-11,27H,(H,26,28)(H2,24,25,29). The number of nitrogens with zero attached hydrogens (tertiary/aromatic N) is 3. The summed E-state index contributed by atoms with van der Waals surface area (Å²) < 4.78 is 44.2. The fourth-order valence-corrected chi connectivity index (χ4v) is 2.68. The maximum atomic E-state index is 12.9. The second-order valence-electron chi connectivity index (χ2n) is 6.23. The van der Waals surface area contributed by atoms with Gasteiger partial charge >= 0.3 is 6.18 Å². The molecule has 2 heterocycles. The smallest absolute Gasteiger partial charge is 0.416 e. The number of halogens is 3. The molecule has 0 spiro atoms. The van der Waals surface area contributed by atoms with Gasteiger partial charge in [0.05, 0.1) is 11.8 Å². The van der Waals surface area contributed by atoms with Gasteiger partial charge in [0.1, 0.15) is 17.4 Å². The van der Waals surface area contributed by atoms with Crippen LogP contribution in [0.4, 0.5) is 30.6 Å². The number of nitrogens with two attached hydrogens (primary N) is 1. The molecule has 0 bridgehead atoms. The minimum absolute atomic E-state index is 0.112. The Hall–Kier alpha value is -4.08. The first-order valence-electron chi connectivity index (χ1n) is 8.73. The molecule has 0 aliphatic carbocycles. The summed E-state index contributed by atoms with van der Waals surface area (Å²) in [6.45, 7) is 0. The molecule has 0 aliphatic rings. The number of nitrogen functional groups attached to an aromatic ring is 1. The lowest BCUT2D eigenvalue weighted by atomic mass is 10.2. The molecule has 4 aromatic rings. The SMILES string of the molecule is Nc1nccc(Oc2ccc(-c3ncc(Nc4cccc(C(F)(F)F)c4)[nH]3)cc2)n1. The molecule has 152 valence electrons. The monoisotopic (exact) mass is 412 g/mol. The van der Waals surface area contributed by atoms with Crippen molar-refractivity contribution in [1.82, 2.24) is 19.9 Å². The molecular weight excluding hydrogens is 397 g/mol. The second-order valence-corrected chi connectivity index (χ2v) is 6.23. The summed E-state index contributed by atoms with van der Waals surface area (Å²) in [4.78, 5) is 15.0. The van der Waals surface area contributed by atoms with Crippen molar-refractivity contribution in [2.75, 3.05) is 11.1 Å². The maximum Gasteiger partial charge on any atom is 0.416 e. The van der Waals surface area contributed by atoms with Gasteiger partial charge in [0.15, 0.2) is 0 Å². The summed E-state index contributed by atoms with van der Waals surface area (Å²) in [6, 6.07) is 13.6. The van der Waals surface area contributed by atoms with E-state index in [1.165, 1.54) is 18.5 Å². The molecule has 10 heteroatoms. The van der Waals surface area contributed by atoms with Crippen LogP contribution in [0.3, 0.4) is 0 Å². The van der Waals surface area contributed by atoms with Crippen molar-refractivity contribution < 1.29 is 17.9 Å². The quantitative estimate of drug-likeness (QED) is 0.426. The van der Waals surface area contributed by atoms with Gasteiger partial charge in [-0.25, -0.2) is 9.97 Å². The van der Waals surface area contributed by atoms with Gasteiger partial charge in [0, 0.05) is 23.5 Å². The van der Waals surface area contributed by atoms with Crippen molar-refractivity contribution in [3.63, 3.8) is 0 Å². The fraction of sp³-hybridized carbons (Fsp3) is 0.0500. The predicted molar refractivity (Wildman–Crippen MR) is 105 cm³/mol. The molecule has 30 heavy (non-hydrogen) atoms. The van der Waals surface area contributed by atoms with E-state index in [1.54, 1.807) is 36.4 Å². The first-order chi connectivity index (χ1) is 14.4. The number of hydrogen-bond acceptors (Lipinski definition) is 6. The third-order valence-electron chi connectivity index (χ3n) is 4.04. The average Bonchev–Trinajstić information content (AvgIpc) is 3.17. The highest BCUT2D eigenvalue weighted by Gasteiger charge is 2.30. The molecule has 0 atom stereocenters. The zero-order valence-corrected chi connectivity index (χ0v) is 15.3. The van der Waals surface area contributed by atoms with Crippen LogP contribution in [0.1, 0.15) is 5.56 Å². The summed E-state index contributed by atoms with van der Waals surface area (Å²) in [5, 5.41) is 2.89. The van der Waals surface area contributed by atoms with Crippen LogP contribution in [0.5, 0.6) is 11.6 Å². The zero-order chi connectivity index (χ0) is 21.1. The van der Waals surface area contributed by atoms with Crippen molar-refractivity contribution in [1.29, 1.82) is 0 Å². The zero-order valence-electron chi connectivity index (χ0n) is 15.3. The Balaban J connectivity index is 1.46. The van der Waals surface area contributed by atoms with E-state index in [1.807, 2.05) is 0 Å². The number of benzene rings is 2. The van der Waals surface area contributed by atoms with Gasteiger partial charge < -0.3 is 20.8 Å². The van der Waals surface area contributed by atoms with Crippen molar-refractivity contribution in [3.05, 3.63) is 72.6 Å². The van der Waals surface area contributed by atoms with Gasteiger partial charge in [-0.05, 0) is 42.5 Å². The number of anilines is 3. The average molecular weight is 412 g/mol. The fourth-order valence-electron chi connectivity index (χ4n) is 2.68. The molecule has 0 aliphatic heterocycles. The number of aromatic nitrogens is 4. The van der Waals surface area contributed by atoms with Crippen LogP contribution in [0.25, 0.3) is 11.4 Å². The van der Waals surface area contributed by atoms with E-state index in [2.05, 4.69) is 25.3 Å². The van der Waals surface area contributed by atoms with Crippen LogP contribution >= 0.6 is 0 Å². The summed E-state index contributed by atoms with van der Waals surface area (Å²) in [5.41, 5.74) is 5.86. The Morgan fingerprint density at radius 1 is 1.00 bits per heavy atom. The lowest BCUT2D eigenvalue weighted by Crippen LogP contribution is -2.05. The van der Waals surface area contributed by atoms with Crippen LogP contribution in [-0.4, -0.2) is 19.9 Å². The summed E-state index contributed by atoms with van der Waals surface area (Å²) in [6.07, 6.45) is -1.41. The number of aromatic amines is 1. The van der Waals surface area contributed by atoms with Gasteiger partial charge in [-0.15, -0.1) is 0 Å². The summed E-state index contributed by atoms with van der Waals surface area (Å²) >= 11 is 0. The summed E-state index contributed by atoms with van der Waals surface area (Å²) in [5.74, 6) is 1.98. The van der Waals surface area contributed by atoms with E-state index >= 15 is 0 Å². The Morgan fingerprint density at radius 2 is 1.80 bits per heavy atom. The van der Waals surface area contributed by atoms with Gasteiger partial charge in [0.25, 0.3) is 0 Å². The molecule has 0 radical (unpaired) electrons. The third-order valence-corrected chi connectivity index (χ3v) is 4.04. The Kier molecular flexibility index (Phi) is 4.97. The van der Waals surface area contributed by atoms with Crippen LogP contribution in [0.2, 0.25) is 0 Å². The van der Waals surface area contributed by atoms with E-state index in [-0.39, 0.29) is 5.95 Å². The molecular formula is C20H15F3N6O. The highest BCUT2D eigenvalue weighted by atomic mass is 19.4. The molecule has 0 fully saturated rings. The first-order valence-corrected chi connectivity index (χ1v) is 8.73. The lowest BCUT2D eigenvalue weighted by molar-refractivity contribution is -0.137. The van der Waals surface area contributed by atoms with Crippen molar-refractivity contribution in [2.24, 2.45) is 0 Å². The number of nitrogens with one attached hydrogen (secondary N) is 2. The van der Waals surface area contributed by atoms with E-state index in [0.717, 1.165) is 17.7 Å². The Bertz CT molecular complexity index is 1160. The molecule has 4 N–H and O–H groups in total. The van der Waals surface area contributed by atoms with E-state index < -0.39 is 11.7 Å². The number of rotatable bonds is 5. The minimum Gasteiger partial charge on any atom is -0.439 e. The first kappa shape index (κ1) is 19.2. The maximum absolute atomic E-state index is 12.9. The minimum atomic E-state index is -4.40. The topological polar surface area (TPSA) is 102 Å². The van der Waals surface area contributed by atoms with Gasteiger partial charge in [-0.3, -0.25) is 0 Å². The molecule has 2 aromatic heterocycles. The van der Waals surface area contributed by atoms with E-state index in [9.17, 15) is 13.2 Å². The van der Waals surface area contributed by atoms with Gasteiger partial charge in [0.2, 0.25) is 11.8 Å². The number of alkyl halides is 3. The number of imidazole rings is 1. The van der Waals surface area contributed by atoms with Crippen molar-refractivity contribution in [3.8, 4) is 23.0 Å². The molecule has 0 saturated carbocycles. The van der Waals surface area contributed by atoms with E-state index in [4.69, 9.17) is 10.5 Å². The normalized spacial score (nSPS) is 11.3. The van der Waals surface area contributed by atoms with Gasteiger partial charge in [-0.2, -0.15) is 18.2 Å². The van der Waals surface area contributed by atoms with Crippen molar-refractivity contribution in [2.45, 2.75) is 6.18 Å². The van der Waals surface area contributed by atoms with Crippen LogP contribution in [-0.2, 0) is 6.18 Å². The highest BCUT2D eigenvalue weighted by Crippen LogP contribution is 2.31. The third kappa shape index (κ3) is 4.49. The lowest BCUT2D eigenvalue weighted by Gasteiger charge is -2.09. The molecule has 0 amide bonds. The largest absolute Gasteiger partial charge is 0.439 e. The molecule has 2 aromatic carbocycles. The van der Waals surface area contributed by atoms with Gasteiger partial charge in [-0.1, -0.05) is 6.07 Å². The molecule has 0 unspecified atom stereocenters. The van der Waals surface area contributed by atoms with E-state index in [0.29, 0.717) is 29.0 Å². The highest BCUT2D eigenvalue weighted by molar-refractivity contribution is 5.63. The van der Waals surface area contributed by atoms with Crippen molar-refractivity contribution >= 4 is 17.5 Å². The predicted octanol–water partition coefficient (Wildman–Crippen LogP) is 5.00. The summed E-state index contributed by atoms with van der Waals surface area (Å²) in [7, 11) is 0. The Labute approximate surface area is 168 Å². The number of hydrogen-bond donors (Lipinski definition) is 3. The number of ether oxygens (including phenoxy) is 1. The van der Waals surface area contributed by atoms with Crippen LogP contribution in [0.15, 0.2) is 67.0 Å². The second kappa shape index (κ2) is 7.74. The Morgan fingerprint density at radius 3 is 2.53 bits per heavy atom. The molecule has 4 rings (SSSR count). The number of H-pyrrole nitrogens is 1.